The summed E-state index contributed by atoms with van der Waals surface area (Å²) in [6.45, 7) is 4.10. The highest BCUT2D eigenvalue weighted by Gasteiger charge is 2.15. The zero-order valence-corrected chi connectivity index (χ0v) is 14.1. The van der Waals surface area contributed by atoms with Crippen LogP contribution in [0.4, 0.5) is 4.39 Å². The van der Waals surface area contributed by atoms with E-state index in [1.165, 1.54) is 29.0 Å². The second-order valence-corrected chi connectivity index (χ2v) is 6.02. The van der Waals surface area contributed by atoms with Crippen molar-refractivity contribution in [1.82, 2.24) is 14.3 Å². The van der Waals surface area contributed by atoms with Crippen LogP contribution in [0.1, 0.15) is 27.2 Å². The number of ketones is 1. The van der Waals surface area contributed by atoms with Gasteiger partial charge < -0.3 is 4.57 Å². The van der Waals surface area contributed by atoms with E-state index in [9.17, 15) is 14.0 Å². The van der Waals surface area contributed by atoms with E-state index in [-0.39, 0.29) is 23.7 Å². The average Bonchev–Trinajstić information content (AvgIpc) is 2.94. The number of Topliss-reactive ketones (excluding diaryl/α,β-unsaturated/α-hetero) is 1. The zero-order chi connectivity index (χ0) is 18.0. The van der Waals surface area contributed by atoms with Gasteiger partial charge in [-0.25, -0.2) is 4.39 Å². The molecule has 0 saturated heterocycles. The van der Waals surface area contributed by atoms with E-state index < -0.39 is 0 Å². The molecular weight excluding hydrogens is 321 g/mol. The van der Waals surface area contributed by atoms with E-state index in [0.717, 1.165) is 16.8 Å². The third kappa shape index (κ3) is 3.74. The van der Waals surface area contributed by atoms with Gasteiger partial charge in [-0.1, -0.05) is 18.2 Å². The van der Waals surface area contributed by atoms with Gasteiger partial charge in [-0.3, -0.25) is 14.3 Å². The Morgan fingerprint density at radius 3 is 2.56 bits per heavy atom. The van der Waals surface area contributed by atoms with Gasteiger partial charge >= 0.3 is 0 Å². The standard InChI is InChI=1S/C19H18FN3O2/c1-13-3-8-19(25)22(10-13)12-18(24)17-9-21-23(14(17)2)11-15-4-6-16(20)7-5-15/h3-10H,11-12H2,1-2H3. The topological polar surface area (TPSA) is 56.9 Å². The summed E-state index contributed by atoms with van der Waals surface area (Å²) in [5, 5.41) is 4.25. The molecule has 3 rings (SSSR count). The summed E-state index contributed by atoms with van der Waals surface area (Å²) in [6.07, 6.45) is 3.18. The Morgan fingerprint density at radius 2 is 1.84 bits per heavy atom. The fourth-order valence-corrected chi connectivity index (χ4v) is 2.66. The Kier molecular flexibility index (Phi) is 4.61. The molecule has 0 aliphatic carbocycles. The molecule has 3 aromatic rings. The number of aromatic nitrogens is 3. The predicted molar refractivity (Wildman–Crippen MR) is 92.2 cm³/mol. The predicted octanol–water partition coefficient (Wildman–Crippen LogP) is 2.73. The van der Waals surface area contributed by atoms with E-state index in [2.05, 4.69) is 5.10 Å². The Hall–Kier alpha value is -3.02. The molecule has 6 heteroatoms. The Labute approximate surface area is 144 Å². The minimum atomic E-state index is -0.291. The summed E-state index contributed by atoms with van der Waals surface area (Å²) in [5.74, 6) is -0.462. The van der Waals surface area contributed by atoms with Gasteiger partial charge in [-0.2, -0.15) is 5.10 Å². The fraction of sp³-hybridized carbons (Fsp3) is 0.211. The van der Waals surface area contributed by atoms with Crippen molar-refractivity contribution in [1.29, 1.82) is 0 Å². The smallest absolute Gasteiger partial charge is 0.250 e. The maximum atomic E-state index is 13.0. The Bertz CT molecular complexity index is 971. The Balaban J connectivity index is 1.80. The first-order valence-corrected chi connectivity index (χ1v) is 7.91. The van der Waals surface area contributed by atoms with Crippen molar-refractivity contribution < 1.29 is 9.18 Å². The highest BCUT2D eigenvalue weighted by atomic mass is 19.1. The van der Waals surface area contributed by atoms with E-state index >= 15 is 0 Å². The second kappa shape index (κ2) is 6.84. The highest BCUT2D eigenvalue weighted by Crippen LogP contribution is 2.12. The lowest BCUT2D eigenvalue weighted by atomic mass is 10.1. The minimum Gasteiger partial charge on any atom is -0.307 e. The number of nitrogens with zero attached hydrogens (tertiary/aromatic N) is 3. The lowest BCUT2D eigenvalue weighted by Crippen LogP contribution is -2.23. The third-order valence-electron chi connectivity index (χ3n) is 4.09. The van der Waals surface area contributed by atoms with Gasteiger partial charge in [-0.05, 0) is 37.1 Å². The first-order chi connectivity index (χ1) is 11.9. The molecule has 0 spiro atoms. The number of pyridine rings is 1. The van der Waals surface area contributed by atoms with Crippen LogP contribution in [0.25, 0.3) is 0 Å². The largest absolute Gasteiger partial charge is 0.307 e. The fourth-order valence-electron chi connectivity index (χ4n) is 2.66. The first-order valence-electron chi connectivity index (χ1n) is 7.91. The van der Waals surface area contributed by atoms with E-state index in [1.807, 2.05) is 13.8 Å². The number of rotatable bonds is 5. The van der Waals surface area contributed by atoms with Crippen LogP contribution in [0.3, 0.4) is 0 Å². The molecular formula is C19H18FN3O2. The number of hydrogen-bond donors (Lipinski definition) is 0. The van der Waals surface area contributed by atoms with Crippen LogP contribution in [0.2, 0.25) is 0 Å². The molecule has 0 fully saturated rings. The van der Waals surface area contributed by atoms with Gasteiger partial charge in [0.25, 0.3) is 5.56 Å². The SMILES string of the molecule is Cc1ccc(=O)n(CC(=O)c2cnn(Cc3ccc(F)cc3)c2C)c1. The van der Waals surface area contributed by atoms with E-state index in [1.54, 1.807) is 29.1 Å². The summed E-state index contributed by atoms with van der Waals surface area (Å²) in [5.41, 5.74) is 2.79. The number of hydrogen-bond acceptors (Lipinski definition) is 3. The van der Waals surface area contributed by atoms with E-state index in [4.69, 9.17) is 0 Å². The number of aryl methyl sites for hydroxylation is 1. The molecule has 1 aromatic carbocycles. The van der Waals surface area contributed by atoms with Crippen molar-refractivity contribution in [2.24, 2.45) is 0 Å². The summed E-state index contributed by atoms with van der Waals surface area (Å²) < 4.78 is 16.1. The van der Waals surface area contributed by atoms with Crippen molar-refractivity contribution in [2.75, 3.05) is 0 Å². The van der Waals surface area contributed by atoms with Crippen molar-refractivity contribution >= 4 is 5.78 Å². The Morgan fingerprint density at radius 1 is 1.12 bits per heavy atom. The van der Waals surface area contributed by atoms with Gasteiger partial charge in [0.05, 0.1) is 24.8 Å². The number of halogens is 1. The monoisotopic (exact) mass is 339 g/mol. The summed E-state index contributed by atoms with van der Waals surface area (Å²) in [6, 6.07) is 9.33. The van der Waals surface area contributed by atoms with Gasteiger partial charge in [0.1, 0.15) is 5.82 Å². The van der Waals surface area contributed by atoms with Crippen molar-refractivity contribution in [3.8, 4) is 0 Å². The molecule has 2 heterocycles. The average molecular weight is 339 g/mol. The van der Waals surface area contributed by atoms with E-state index in [0.29, 0.717) is 12.1 Å². The summed E-state index contributed by atoms with van der Waals surface area (Å²) in [7, 11) is 0. The number of carbonyl (C=O) groups excluding carboxylic acids is 1. The lowest BCUT2D eigenvalue weighted by molar-refractivity contribution is 0.0970. The highest BCUT2D eigenvalue weighted by molar-refractivity contribution is 5.96. The normalized spacial score (nSPS) is 10.8. The summed E-state index contributed by atoms with van der Waals surface area (Å²) in [4.78, 5) is 24.4. The van der Waals surface area contributed by atoms with Crippen molar-refractivity contribution in [2.45, 2.75) is 26.9 Å². The molecule has 25 heavy (non-hydrogen) atoms. The number of benzene rings is 1. The molecule has 0 aliphatic heterocycles. The number of carbonyl (C=O) groups is 1. The van der Waals surface area contributed by atoms with Crippen LogP contribution >= 0.6 is 0 Å². The maximum absolute atomic E-state index is 13.0. The van der Waals surface area contributed by atoms with Gasteiger partial charge in [0, 0.05) is 18.0 Å². The van der Waals surface area contributed by atoms with Gasteiger partial charge in [0.2, 0.25) is 0 Å². The molecule has 0 N–H and O–H groups in total. The first kappa shape index (κ1) is 16.8. The lowest BCUT2D eigenvalue weighted by Gasteiger charge is -2.07. The third-order valence-corrected chi connectivity index (χ3v) is 4.09. The minimum absolute atomic E-state index is 0.0242. The molecule has 2 aromatic heterocycles. The van der Waals surface area contributed by atoms with Crippen LogP contribution in [0.15, 0.2) is 53.6 Å². The molecule has 0 radical (unpaired) electrons. The van der Waals surface area contributed by atoms with Crippen LogP contribution in [0.5, 0.6) is 0 Å². The molecule has 0 aliphatic rings. The molecule has 0 bridgehead atoms. The molecule has 0 atom stereocenters. The van der Waals surface area contributed by atoms with Crippen LogP contribution in [-0.2, 0) is 13.1 Å². The maximum Gasteiger partial charge on any atom is 0.250 e. The molecule has 0 saturated carbocycles. The van der Waals surface area contributed by atoms with Gasteiger partial charge in [-0.15, -0.1) is 0 Å². The molecule has 0 amide bonds. The van der Waals surface area contributed by atoms with Crippen molar-refractivity contribution in [3.05, 3.63) is 87.3 Å². The summed E-state index contributed by atoms with van der Waals surface area (Å²) >= 11 is 0. The van der Waals surface area contributed by atoms with Gasteiger partial charge in [0.15, 0.2) is 5.78 Å². The molecule has 128 valence electrons. The second-order valence-electron chi connectivity index (χ2n) is 6.02. The van der Waals surface area contributed by atoms with Crippen LogP contribution < -0.4 is 5.56 Å². The quantitative estimate of drug-likeness (QED) is 0.672. The zero-order valence-electron chi connectivity index (χ0n) is 14.1. The van der Waals surface area contributed by atoms with Crippen LogP contribution in [-0.4, -0.2) is 20.1 Å². The van der Waals surface area contributed by atoms with Crippen LogP contribution in [0, 0.1) is 19.7 Å². The van der Waals surface area contributed by atoms with Crippen molar-refractivity contribution in [3.63, 3.8) is 0 Å². The molecule has 5 nitrogen and oxygen atoms in total. The molecule has 0 unspecified atom stereocenters.